The molecule has 2 aliphatic rings. The van der Waals surface area contributed by atoms with Gasteiger partial charge in [0.05, 0.1) is 0 Å². The molecule has 2 N–H and O–H groups in total. The van der Waals surface area contributed by atoms with Gasteiger partial charge in [0.2, 0.25) is 11.8 Å². The van der Waals surface area contributed by atoms with Crippen LogP contribution < -0.4 is 10.6 Å². The molecule has 0 aromatic rings. The maximum absolute atomic E-state index is 11.7. The predicted octanol–water partition coefficient (Wildman–Crippen LogP) is -0.403. The first kappa shape index (κ1) is 10.9. The summed E-state index contributed by atoms with van der Waals surface area (Å²) in [6, 6.07) is -0.109. The van der Waals surface area contributed by atoms with Crippen LogP contribution in [0.5, 0.6) is 0 Å². The summed E-state index contributed by atoms with van der Waals surface area (Å²) in [6.45, 7) is -0.0748. The Morgan fingerprint density at radius 2 is 1.75 bits per heavy atom. The Labute approximate surface area is 93.4 Å². The van der Waals surface area contributed by atoms with Gasteiger partial charge in [-0.25, -0.2) is 4.79 Å². The first-order chi connectivity index (χ1) is 7.65. The second-order valence-corrected chi connectivity index (χ2v) is 4.26. The van der Waals surface area contributed by atoms with Crippen molar-refractivity contribution in [1.82, 2.24) is 15.5 Å². The summed E-state index contributed by atoms with van der Waals surface area (Å²) in [6.07, 6.45) is 4.23. The minimum absolute atomic E-state index is 0.0374. The van der Waals surface area contributed by atoms with E-state index in [2.05, 4.69) is 10.6 Å². The number of amides is 4. The lowest BCUT2D eigenvalue weighted by molar-refractivity contribution is -0.134. The quantitative estimate of drug-likeness (QED) is 0.596. The number of imide groups is 1. The van der Waals surface area contributed by atoms with Gasteiger partial charge in [-0.15, -0.1) is 0 Å². The monoisotopic (exact) mass is 225 g/mol. The molecule has 4 amide bonds. The number of carbonyl (C=O) groups excluding carboxylic acids is 3. The van der Waals surface area contributed by atoms with E-state index in [1.807, 2.05) is 0 Å². The van der Waals surface area contributed by atoms with Crippen LogP contribution >= 0.6 is 0 Å². The molecule has 16 heavy (non-hydrogen) atoms. The molecule has 1 heterocycles. The van der Waals surface area contributed by atoms with Crippen LogP contribution in [-0.2, 0) is 9.59 Å². The van der Waals surface area contributed by atoms with E-state index < -0.39 is 11.8 Å². The fourth-order valence-electron chi connectivity index (χ4n) is 2.12. The molecule has 1 aliphatic carbocycles. The van der Waals surface area contributed by atoms with Crippen molar-refractivity contribution < 1.29 is 14.4 Å². The highest BCUT2D eigenvalue weighted by Crippen LogP contribution is 2.17. The van der Waals surface area contributed by atoms with Gasteiger partial charge >= 0.3 is 6.03 Å². The lowest BCUT2D eigenvalue weighted by atomic mass is 10.2. The molecular weight excluding hydrogens is 210 g/mol. The summed E-state index contributed by atoms with van der Waals surface area (Å²) in [5.74, 6) is -0.837. The molecule has 0 unspecified atom stereocenters. The van der Waals surface area contributed by atoms with E-state index in [4.69, 9.17) is 0 Å². The normalized spacial score (nSPS) is 22.1. The molecule has 6 heteroatoms. The van der Waals surface area contributed by atoms with Crippen molar-refractivity contribution in [2.75, 3.05) is 13.1 Å². The van der Waals surface area contributed by atoms with Gasteiger partial charge in [0.1, 0.15) is 13.1 Å². The number of hydrogen-bond acceptors (Lipinski definition) is 3. The Morgan fingerprint density at radius 1 is 1.19 bits per heavy atom. The van der Waals surface area contributed by atoms with Crippen molar-refractivity contribution in [3.8, 4) is 0 Å². The van der Waals surface area contributed by atoms with Crippen LogP contribution in [0.25, 0.3) is 0 Å². The molecule has 6 nitrogen and oxygen atoms in total. The summed E-state index contributed by atoms with van der Waals surface area (Å²) in [4.78, 5) is 35.1. The number of hydrogen-bond donors (Lipinski definition) is 2. The second kappa shape index (κ2) is 4.51. The van der Waals surface area contributed by atoms with Crippen molar-refractivity contribution in [3.63, 3.8) is 0 Å². The van der Waals surface area contributed by atoms with Gasteiger partial charge in [-0.1, -0.05) is 12.8 Å². The number of nitrogens with zero attached hydrogens (tertiary/aromatic N) is 1. The topological polar surface area (TPSA) is 78.5 Å². The third kappa shape index (κ3) is 2.50. The van der Waals surface area contributed by atoms with Crippen LogP contribution in [0.15, 0.2) is 0 Å². The third-order valence-electron chi connectivity index (χ3n) is 2.92. The number of piperazine rings is 1. The van der Waals surface area contributed by atoms with E-state index >= 15 is 0 Å². The molecule has 0 bridgehead atoms. The van der Waals surface area contributed by atoms with E-state index in [9.17, 15) is 14.4 Å². The van der Waals surface area contributed by atoms with Crippen molar-refractivity contribution in [2.24, 2.45) is 0 Å². The van der Waals surface area contributed by atoms with Crippen molar-refractivity contribution in [1.29, 1.82) is 0 Å². The molecule has 0 aromatic carbocycles. The Kier molecular flexibility index (Phi) is 3.07. The highest BCUT2D eigenvalue weighted by molar-refractivity contribution is 6.02. The van der Waals surface area contributed by atoms with Gasteiger partial charge in [-0.05, 0) is 12.8 Å². The first-order valence-electron chi connectivity index (χ1n) is 5.53. The standard InChI is InChI=1S/C10H15N3O3/c14-8-5-13(6-9(15)12-8)10(16)11-7-3-1-2-4-7/h7H,1-6H2,(H,11,16)(H,12,14,15). The van der Waals surface area contributed by atoms with E-state index in [1.165, 1.54) is 4.90 Å². The van der Waals surface area contributed by atoms with Gasteiger partial charge in [-0.2, -0.15) is 0 Å². The third-order valence-corrected chi connectivity index (χ3v) is 2.92. The molecule has 1 saturated heterocycles. The van der Waals surface area contributed by atoms with Gasteiger partial charge in [0, 0.05) is 6.04 Å². The van der Waals surface area contributed by atoms with Gasteiger partial charge in [0.25, 0.3) is 0 Å². The second-order valence-electron chi connectivity index (χ2n) is 4.26. The highest BCUT2D eigenvalue weighted by Gasteiger charge is 2.28. The van der Waals surface area contributed by atoms with Gasteiger partial charge < -0.3 is 10.2 Å². The van der Waals surface area contributed by atoms with Crippen LogP contribution in [0.4, 0.5) is 4.79 Å². The molecule has 1 aliphatic heterocycles. The number of carbonyl (C=O) groups is 3. The van der Waals surface area contributed by atoms with E-state index in [-0.39, 0.29) is 25.2 Å². The Hall–Kier alpha value is -1.59. The number of urea groups is 1. The molecule has 1 saturated carbocycles. The maximum atomic E-state index is 11.7. The van der Waals surface area contributed by atoms with Crippen LogP contribution in [-0.4, -0.2) is 41.9 Å². The van der Waals surface area contributed by atoms with Crippen molar-refractivity contribution in [2.45, 2.75) is 31.7 Å². The van der Waals surface area contributed by atoms with E-state index in [1.54, 1.807) is 0 Å². The lowest BCUT2D eigenvalue weighted by Crippen LogP contribution is -2.56. The van der Waals surface area contributed by atoms with Crippen LogP contribution in [0.3, 0.4) is 0 Å². The van der Waals surface area contributed by atoms with Gasteiger partial charge in [0.15, 0.2) is 0 Å². The SMILES string of the molecule is O=C1CN(C(=O)NC2CCCC2)CC(=O)N1. The highest BCUT2D eigenvalue weighted by atomic mass is 16.2. The average Bonchev–Trinajstić information content (AvgIpc) is 2.68. The van der Waals surface area contributed by atoms with Crippen molar-refractivity contribution >= 4 is 17.8 Å². The maximum Gasteiger partial charge on any atom is 0.318 e. The average molecular weight is 225 g/mol. The Balaban J connectivity index is 1.88. The fourth-order valence-corrected chi connectivity index (χ4v) is 2.12. The lowest BCUT2D eigenvalue weighted by Gasteiger charge is -2.27. The first-order valence-corrected chi connectivity index (χ1v) is 5.53. The number of rotatable bonds is 1. The molecule has 0 radical (unpaired) electrons. The molecule has 2 fully saturated rings. The molecule has 0 atom stereocenters. The van der Waals surface area contributed by atoms with Crippen LogP contribution in [0, 0.1) is 0 Å². The Morgan fingerprint density at radius 3 is 2.31 bits per heavy atom. The minimum Gasteiger partial charge on any atom is -0.335 e. The zero-order valence-corrected chi connectivity index (χ0v) is 8.99. The fraction of sp³-hybridized carbons (Fsp3) is 0.700. The zero-order chi connectivity index (χ0) is 11.5. The summed E-state index contributed by atoms with van der Waals surface area (Å²) in [7, 11) is 0. The molecule has 0 aromatic heterocycles. The Bertz CT molecular complexity index is 307. The van der Waals surface area contributed by atoms with Crippen LogP contribution in [0.1, 0.15) is 25.7 Å². The van der Waals surface area contributed by atoms with Gasteiger partial charge in [-0.3, -0.25) is 14.9 Å². The molecular formula is C10H15N3O3. The smallest absolute Gasteiger partial charge is 0.318 e. The molecule has 88 valence electrons. The summed E-state index contributed by atoms with van der Waals surface area (Å²) < 4.78 is 0. The number of nitrogens with one attached hydrogen (secondary N) is 2. The minimum atomic E-state index is -0.419. The van der Waals surface area contributed by atoms with E-state index in [0.29, 0.717) is 0 Å². The summed E-state index contributed by atoms with van der Waals surface area (Å²) in [5, 5.41) is 5.00. The zero-order valence-electron chi connectivity index (χ0n) is 8.99. The predicted molar refractivity (Wildman–Crippen MR) is 55.5 cm³/mol. The van der Waals surface area contributed by atoms with Crippen LogP contribution in [0.2, 0.25) is 0 Å². The molecule has 2 rings (SSSR count). The largest absolute Gasteiger partial charge is 0.335 e. The van der Waals surface area contributed by atoms with E-state index in [0.717, 1.165) is 25.7 Å². The summed E-state index contributed by atoms with van der Waals surface area (Å²) >= 11 is 0. The summed E-state index contributed by atoms with van der Waals surface area (Å²) in [5.41, 5.74) is 0. The van der Waals surface area contributed by atoms with Crippen molar-refractivity contribution in [3.05, 3.63) is 0 Å². The molecule has 0 spiro atoms.